The summed E-state index contributed by atoms with van der Waals surface area (Å²) in [5.74, 6) is 0. The number of hydrogen-bond acceptors (Lipinski definition) is 2. The van der Waals surface area contributed by atoms with Crippen molar-refractivity contribution in [1.82, 2.24) is 0 Å². The van der Waals surface area contributed by atoms with Crippen molar-refractivity contribution in [2.75, 3.05) is 0 Å². The van der Waals surface area contributed by atoms with E-state index in [0.29, 0.717) is 5.71 Å². The van der Waals surface area contributed by atoms with Crippen molar-refractivity contribution in [3.8, 4) is 0 Å². The molecule has 0 saturated heterocycles. The lowest BCUT2D eigenvalue weighted by molar-refractivity contribution is 0.587. The number of rotatable bonds is 1. The molecule has 2 heteroatoms. The molecule has 0 aliphatic rings. The van der Waals surface area contributed by atoms with Crippen LogP contribution in [0, 0.1) is 10.8 Å². The second-order valence-electron chi connectivity index (χ2n) is 3.47. The van der Waals surface area contributed by atoms with E-state index in [-0.39, 0.29) is 5.41 Å². The summed E-state index contributed by atoms with van der Waals surface area (Å²) in [7, 11) is 0. The van der Waals surface area contributed by atoms with E-state index in [1.54, 1.807) is 0 Å². The Morgan fingerprint density at radius 2 is 1.80 bits per heavy atom. The fraction of sp³-hybridized carbons (Fsp3) is 0.625. The topological polar surface area (TPSA) is 49.9 Å². The quantitative estimate of drug-likeness (QED) is 0.537. The molecule has 58 valence electrons. The van der Waals surface area contributed by atoms with Crippen LogP contribution >= 0.6 is 0 Å². The first-order valence-electron chi connectivity index (χ1n) is 3.37. The summed E-state index contributed by atoms with van der Waals surface area (Å²) in [5, 5.41) is 7.60. The van der Waals surface area contributed by atoms with Crippen LogP contribution in [0.5, 0.6) is 0 Å². The Morgan fingerprint density at radius 1 is 1.40 bits per heavy atom. The largest absolute Gasteiger partial charge is 0.404 e. The fourth-order valence-corrected chi connectivity index (χ4v) is 0.675. The minimum atomic E-state index is -0.0834. The Labute approximate surface area is 62.6 Å². The van der Waals surface area contributed by atoms with Crippen molar-refractivity contribution >= 4 is 5.71 Å². The second-order valence-corrected chi connectivity index (χ2v) is 3.47. The Hall–Kier alpha value is -0.790. The number of allylic oxidation sites excluding steroid dienone is 1. The number of hydrogen-bond donors (Lipinski definition) is 2. The molecule has 0 atom stereocenters. The Balaban J connectivity index is 4.39. The second kappa shape index (κ2) is 2.86. The maximum absolute atomic E-state index is 7.60. The van der Waals surface area contributed by atoms with Crippen molar-refractivity contribution < 1.29 is 0 Å². The first-order valence-corrected chi connectivity index (χ1v) is 3.37. The maximum atomic E-state index is 7.60. The van der Waals surface area contributed by atoms with Crippen LogP contribution in [0.15, 0.2) is 11.8 Å². The lowest BCUT2D eigenvalue weighted by atomic mass is 9.86. The van der Waals surface area contributed by atoms with Crippen molar-refractivity contribution in [2.45, 2.75) is 27.7 Å². The van der Waals surface area contributed by atoms with Crippen LogP contribution < -0.4 is 5.73 Å². The van der Waals surface area contributed by atoms with Crippen LogP contribution in [0.3, 0.4) is 0 Å². The van der Waals surface area contributed by atoms with Gasteiger partial charge in [0.15, 0.2) is 0 Å². The van der Waals surface area contributed by atoms with E-state index < -0.39 is 0 Å². The number of nitrogens with two attached hydrogens (primary N) is 1. The normalized spacial score (nSPS) is 13.4. The molecule has 0 aromatic carbocycles. The number of nitrogens with one attached hydrogen (secondary N) is 1. The third-order valence-corrected chi connectivity index (χ3v) is 1.39. The molecular formula is C8H16N2. The monoisotopic (exact) mass is 140 g/mol. The van der Waals surface area contributed by atoms with Crippen LogP contribution in [0.4, 0.5) is 0 Å². The summed E-state index contributed by atoms with van der Waals surface area (Å²) in [4.78, 5) is 0. The highest BCUT2D eigenvalue weighted by Crippen LogP contribution is 2.18. The van der Waals surface area contributed by atoms with E-state index in [1.165, 1.54) is 6.20 Å². The molecule has 0 amide bonds. The van der Waals surface area contributed by atoms with E-state index >= 15 is 0 Å². The molecule has 0 aliphatic carbocycles. The van der Waals surface area contributed by atoms with Crippen molar-refractivity contribution in [1.29, 1.82) is 5.41 Å². The van der Waals surface area contributed by atoms with E-state index in [9.17, 15) is 0 Å². The minimum absolute atomic E-state index is 0.0834. The van der Waals surface area contributed by atoms with Gasteiger partial charge in [0.2, 0.25) is 0 Å². The molecular weight excluding hydrogens is 124 g/mol. The molecule has 0 aliphatic heterocycles. The summed E-state index contributed by atoms with van der Waals surface area (Å²) in [5.41, 5.74) is 6.64. The molecule has 0 heterocycles. The maximum Gasteiger partial charge on any atom is 0.0410 e. The predicted octanol–water partition coefficient (Wildman–Crippen LogP) is 1.91. The van der Waals surface area contributed by atoms with Gasteiger partial charge in [0, 0.05) is 11.1 Å². The van der Waals surface area contributed by atoms with Gasteiger partial charge in [-0.2, -0.15) is 0 Å². The van der Waals surface area contributed by atoms with Gasteiger partial charge in [-0.05, 0) is 18.7 Å². The van der Waals surface area contributed by atoms with Crippen molar-refractivity contribution in [3.05, 3.63) is 11.8 Å². The zero-order valence-corrected chi connectivity index (χ0v) is 7.15. The zero-order chi connectivity index (χ0) is 8.36. The van der Waals surface area contributed by atoms with Crippen molar-refractivity contribution in [3.63, 3.8) is 0 Å². The lowest BCUT2D eigenvalue weighted by Gasteiger charge is -2.19. The SMILES string of the molecule is C/C(=C/N)C(=N)C(C)(C)C. The molecule has 0 unspecified atom stereocenters. The van der Waals surface area contributed by atoms with Crippen LogP contribution in [0.1, 0.15) is 27.7 Å². The Bertz CT molecular complexity index is 161. The van der Waals surface area contributed by atoms with Crippen LogP contribution in [-0.4, -0.2) is 5.71 Å². The molecule has 0 radical (unpaired) electrons. The molecule has 10 heavy (non-hydrogen) atoms. The van der Waals surface area contributed by atoms with E-state index in [0.717, 1.165) is 5.57 Å². The van der Waals surface area contributed by atoms with Gasteiger partial charge in [-0.1, -0.05) is 20.8 Å². The van der Waals surface area contributed by atoms with E-state index in [4.69, 9.17) is 11.1 Å². The molecule has 0 bridgehead atoms. The highest BCUT2D eigenvalue weighted by molar-refractivity contribution is 6.00. The third kappa shape index (κ3) is 2.21. The van der Waals surface area contributed by atoms with Gasteiger partial charge in [-0.15, -0.1) is 0 Å². The molecule has 0 rings (SSSR count). The highest BCUT2D eigenvalue weighted by Gasteiger charge is 2.17. The van der Waals surface area contributed by atoms with Crippen LogP contribution in [0.25, 0.3) is 0 Å². The average molecular weight is 140 g/mol. The standard InChI is InChI=1S/C8H16N2/c1-6(5-9)7(10)8(2,3)4/h5,10H,9H2,1-4H3/b6-5-,10-7?. The molecule has 3 N–H and O–H groups in total. The fourth-order valence-electron chi connectivity index (χ4n) is 0.675. The predicted molar refractivity (Wildman–Crippen MR) is 45.1 cm³/mol. The van der Waals surface area contributed by atoms with Crippen LogP contribution in [0.2, 0.25) is 0 Å². The zero-order valence-electron chi connectivity index (χ0n) is 7.15. The molecule has 0 aromatic heterocycles. The molecule has 0 aromatic rings. The molecule has 0 saturated carbocycles. The van der Waals surface area contributed by atoms with Gasteiger partial charge in [0.25, 0.3) is 0 Å². The van der Waals surface area contributed by atoms with Gasteiger partial charge in [-0.25, -0.2) is 0 Å². The smallest absolute Gasteiger partial charge is 0.0410 e. The van der Waals surface area contributed by atoms with Gasteiger partial charge in [-0.3, -0.25) is 0 Å². The lowest BCUT2D eigenvalue weighted by Crippen LogP contribution is -2.20. The van der Waals surface area contributed by atoms with E-state index in [1.807, 2.05) is 27.7 Å². The first kappa shape index (κ1) is 9.21. The summed E-state index contributed by atoms with van der Waals surface area (Å²) >= 11 is 0. The van der Waals surface area contributed by atoms with Gasteiger partial charge in [0.1, 0.15) is 0 Å². The summed E-state index contributed by atoms with van der Waals surface area (Å²) in [6.07, 6.45) is 1.48. The van der Waals surface area contributed by atoms with Crippen LogP contribution in [-0.2, 0) is 0 Å². The van der Waals surface area contributed by atoms with E-state index in [2.05, 4.69) is 0 Å². The highest BCUT2D eigenvalue weighted by atomic mass is 14.5. The summed E-state index contributed by atoms with van der Waals surface area (Å²) in [6, 6.07) is 0. The Kier molecular flexibility index (Phi) is 2.64. The van der Waals surface area contributed by atoms with Crippen molar-refractivity contribution in [2.24, 2.45) is 11.1 Å². The molecule has 0 fully saturated rings. The van der Waals surface area contributed by atoms with Gasteiger partial charge in [0.05, 0.1) is 0 Å². The first-order chi connectivity index (χ1) is 4.39. The Morgan fingerprint density at radius 3 is 1.90 bits per heavy atom. The van der Waals surface area contributed by atoms with Gasteiger partial charge >= 0.3 is 0 Å². The third-order valence-electron chi connectivity index (χ3n) is 1.39. The molecule has 0 spiro atoms. The summed E-state index contributed by atoms with van der Waals surface area (Å²) < 4.78 is 0. The molecule has 2 nitrogen and oxygen atoms in total. The minimum Gasteiger partial charge on any atom is -0.404 e. The summed E-state index contributed by atoms with van der Waals surface area (Å²) in [6.45, 7) is 7.86. The average Bonchev–Trinajstić information content (AvgIpc) is 1.83. The van der Waals surface area contributed by atoms with Gasteiger partial charge < -0.3 is 11.1 Å².